The van der Waals surface area contributed by atoms with Gasteiger partial charge in [-0.05, 0) is 51.5 Å². The molecule has 1 N–H and O–H groups in total. The lowest BCUT2D eigenvalue weighted by Gasteiger charge is -2.30. The quantitative estimate of drug-likeness (QED) is 0.714. The van der Waals surface area contributed by atoms with Crippen LogP contribution in [0.4, 0.5) is 0 Å². The minimum Gasteiger partial charge on any atom is -0.355 e. The van der Waals surface area contributed by atoms with Crippen molar-refractivity contribution in [3.63, 3.8) is 0 Å². The van der Waals surface area contributed by atoms with Crippen molar-refractivity contribution in [1.82, 2.24) is 9.88 Å². The standard InChI is InChI=1S/C21H24N2O/c1-14(2)23(15(3)4)21(24)18-11-10-17-12-19(22-20(17)13-18)16-8-6-5-7-9-16/h5-15,22H,1-4H3. The third-order valence-electron chi connectivity index (χ3n) is 4.30. The number of hydrogen-bond acceptors (Lipinski definition) is 1. The number of H-pyrrole nitrogens is 1. The third kappa shape index (κ3) is 3.07. The van der Waals surface area contributed by atoms with Crippen LogP contribution in [-0.4, -0.2) is 27.9 Å². The number of aromatic amines is 1. The Morgan fingerprint density at radius 2 is 1.58 bits per heavy atom. The van der Waals surface area contributed by atoms with Crippen molar-refractivity contribution >= 4 is 16.8 Å². The highest BCUT2D eigenvalue weighted by Crippen LogP contribution is 2.25. The van der Waals surface area contributed by atoms with Gasteiger partial charge >= 0.3 is 0 Å². The maximum Gasteiger partial charge on any atom is 0.254 e. The highest BCUT2D eigenvalue weighted by molar-refractivity contribution is 5.99. The molecule has 2 aromatic carbocycles. The third-order valence-corrected chi connectivity index (χ3v) is 4.30. The normalized spacial score (nSPS) is 11.4. The molecular weight excluding hydrogens is 296 g/mol. The van der Waals surface area contributed by atoms with E-state index in [1.165, 1.54) is 0 Å². The molecule has 0 saturated carbocycles. The molecule has 3 nitrogen and oxygen atoms in total. The van der Waals surface area contributed by atoms with Crippen molar-refractivity contribution in [2.45, 2.75) is 39.8 Å². The van der Waals surface area contributed by atoms with E-state index in [-0.39, 0.29) is 18.0 Å². The van der Waals surface area contributed by atoms with Gasteiger partial charge in [0.2, 0.25) is 0 Å². The number of nitrogens with zero attached hydrogens (tertiary/aromatic N) is 1. The summed E-state index contributed by atoms with van der Waals surface area (Å²) in [6, 6.07) is 18.6. The van der Waals surface area contributed by atoms with Gasteiger partial charge in [0.25, 0.3) is 5.91 Å². The fraction of sp³-hybridized carbons (Fsp3) is 0.286. The maximum absolute atomic E-state index is 12.9. The summed E-state index contributed by atoms with van der Waals surface area (Å²) < 4.78 is 0. The van der Waals surface area contributed by atoms with Gasteiger partial charge in [-0.25, -0.2) is 0 Å². The van der Waals surface area contributed by atoms with Crippen LogP contribution in [-0.2, 0) is 0 Å². The molecule has 0 aliphatic rings. The van der Waals surface area contributed by atoms with E-state index in [4.69, 9.17) is 0 Å². The number of rotatable bonds is 4. The average Bonchev–Trinajstić information content (AvgIpc) is 2.98. The fourth-order valence-corrected chi connectivity index (χ4v) is 3.25. The van der Waals surface area contributed by atoms with Gasteiger partial charge < -0.3 is 9.88 Å². The molecule has 0 fully saturated rings. The van der Waals surface area contributed by atoms with Crippen molar-refractivity contribution in [2.75, 3.05) is 0 Å². The van der Waals surface area contributed by atoms with Gasteiger partial charge in [0, 0.05) is 34.2 Å². The zero-order valence-corrected chi connectivity index (χ0v) is 14.7. The molecule has 0 aliphatic carbocycles. The van der Waals surface area contributed by atoms with Gasteiger partial charge in [-0.3, -0.25) is 4.79 Å². The van der Waals surface area contributed by atoms with Crippen LogP contribution in [0.2, 0.25) is 0 Å². The van der Waals surface area contributed by atoms with E-state index in [2.05, 4.69) is 50.9 Å². The molecule has 1 aromatic heterocycles. The summed E-state index contributed by atoms with van der Waals surface area (Å²) >= 11 is 0. The monoisotopic (exact) mass is 320 g/mol. The molecule has 3 rings (SSSR count). The molecule has 1 heterocycles. The number of nitrogens with one attached hydrogen (secondary N) is 1. The maximum atomic E-state index is 12.9. The molecule has 0 spiro atoms. The van der Waals surface area contributed by atoms with E-state index in [0.717, 1.165) is 27.7 Å². The summed E-state index contributed by atoms with van der Waals surface area (Å²) in [5.74, 6) is 0.0813. The van der Waals surface area contributed by atoms with Gasteiger partial charge in [-0.2, -0.15) is 0 Å². The molecule has 3 heteroatoms. The molecule has 24 heavy (non-hydrogen) atoms. The topological polar surface area (TPSA) is 36.1 Å². The Labute approximate surface area is 143 Å². The van der Waals surface area contributed by atoms with Crippen molar-refractivity contribution in [1.29, 1.82) is 0 Å². The predicted molar refractivity (Wildman–Crippen MR) is 100 cm³/mol. The first-order chi connectivity index (χ1) is 11.5. The summed E-state index contributed by atoms with van der Waals surface area (Å²) in [7, 11) is 0. The van der Waals surface area contributed by atoms with Crippen LogP contribution in [0.3, 0.4) is 0 Å². The Balaban J connectivity index is 1.98. The minimum atomic E-state index is 0.0813. The minimum absolute atomic E-state index is 0.0813. The van der Waals surface area contributed by atoms with E-state index >= 15 is 0 Å². The second-order valence-electron chi connectivity index (χ2n) is 6.75. The first-order valence-electron chi connectivity index (χ1n) is 8.48. The summed E-state index contributed by atoms with van der Waals surface area (Å²) in [5, 5.41) is 1.12. The number of carbonyl (C=O) groups excluding carboxylic acids is 1. The number of fused-ring (bicyclic) bond motifs is 1. The second-order valence-corrected chi connectivity index (χ2v) is 6.75. The number of carbonyl (C=O) groups is 1. The Morgan fingerprint density at radius 3 is 2.21 bits per heavy atom. The van der Waals surface area contributed by atoms with Crippen molar-refractivity contribution in [3.05, 3.63) is 60.2 Å². The zero-order valence-electron chi connectivity index (χ0n) is 14.7. The predicted octanol–water partition coefficient (Wildman–Crippen LogP) is 5.09. The molecule has 0 saturated heterocycles. The number of aromatic nitrogens is 1. The summed E-state index contributed by atoms with van der Waals surface area (Å²) in [5.41, 5.74) is 3.94. The Bertz CT molecular complexity index is 839. The SMILES string of the molecule is CC(C)N(C(=O)c1ccc2cc(-c3ccccc3)[nH]c2c1)C(C)C. The van der Waals surface area contributed by atoms with Gasteiger partial charge in [-0.15, -0.1) is 0 Å². The van der Waals surface area contributed by atoms with E-state index in [9.17, 15) is 4.79 Å². The molecule has 3 aromatic rings. The lowest BCUT2D eigenvalue weighted by molar-refractivity contribution is 0.0644. The van der Waals surface area contributed by atoms with E-state index < -0.39 is 0 Å². The van der Waals surface area contributed by atoms with E-state index in [1.807, 2.05) is 41.3 Å². The number of amides is 1. The lowest BCUT2D eigenvalue weighted by Crippen LogP contribution is -2.42. The smallest absolute Gasteiger partial charge is 0.254 e. The van der Waals surface area contributed by atoms with E-state index in [0.29, 0.717) is 0 Å². The van der Waals surface area contributed by atoms with Crippen LogP contribution in [0.1, 0.15) is 38.1 Å². The summed E-state index contributed by atoms with van der Waals surface area (Å²) in [4.78, 5) is 18.2. The van der Waals surface area contributed by atoms with Crippen LogP contribution in [0.15, 0.2) is 54.6 Å². The second kappa shape index (κ2) is 6.52. The first-order valence-corrected chi connectivity index (χ1v) is 8.48. The van der Waals surface area contributed by atoms with Crippen molar-refractivity contribution in [3.8, 4) is 11.3 Å². The highest BCUT2D eigenvalue weighted by atomic mass is 16.2. The number of benzene rings is 2. The molecule has 0 bridgehead atoms. The molecule has 0 atom stereocenters. The number of hydrogen-bond donors (Lipinski definition) is 1. The Morgan fingerprint density at radius 1 is 0.917 bits per heavy atom. The Hall–Kier alpha value is -2.55. The fourth-order valence-electron chi connectivity index (χ4n) is 3.25. The van der Waals surface area contributed by atoms with Crippen LogP contribution in [0.25, 0.3) is 22.2 Å². The largest absolute Gasteiger partial charge is 0.355 e. The van der Waals surface area contributed by atoms with Crippen molar-refractivity contribution < 1.29 is 4.79 Å². The molecule has 0 unspecified atom stereocenters. The molecule has 1 amide bonds. The Kier molecular flexibility index (Phi) is 4.43. The van der Waals surface area contributed by atoms with E-state index in [1.54, 1.807) is 0 Å². The van der Waals surface area contributed by atoms with Crippen LogP contribution >= 0.6 is 0 Å². The van der Waals surface area contributed by atoms with Gasteiger partial charge in [0.15, 0.2) is 0 Å². The lowest BCUT2D eigenvalue weighted by atomic mass is 10.1. The summed E-state index contributed by atoms with van der Waals surface area (Å²) in [6.45, 7) is 8.22. The van der Waals surface area contributed by atoms with Crippen molar-refractivity contribution in [2.24, 2.45) is 0 Å². The highest BCUT2D eigenvalue weighted by Gasteiger charge is 2.21. The average molecular weight is 320 g/mol. The molecule has 0 radical (unpaired) electrons. The molecular formula is C21H24N2O. The molecule has 124 valence electrons. The van der Waals surface area contributed by atoms with Gasteiger partial charge in [0.05, 0.1) is 0 Å². The van der Waals surface area contributed by atoms with Gasteiger partial charge in [-0.1, -0.05) is 36.4 Å². The zero-order chi connectivity index (χ0) is 17.3. The summed E-state index contributed by atoms with van der Waals surface area (Å²) in [6.07, 6.45) is 0. The first kappa shape index (κ1) is 16.3. The van der Waals surface area contributed by atoms with Crippen LogP contribution in [0.5, 0.6) is 0 Å². The van der Waals surface area contributed by atoms with Crippen LogP contribution < -0.4 is 0 Å². The van der Waals surface area contributed by atoms with Gasteiger partial charge in [0.1, 0.15) is 0 Å². The molecule has 0 aliphatic heterocycles. The van der Waals surface area contributed by atoms with Crippen LogP contribution in [0, 0.1) is 0 Å².